The molecule has 15 heteroatoms. The van der Waals surface area contributed by atoms with Crippen molar-refractivity contribution in [3.05, 3.63) is 197 Å². The number of amidine groups is 1. The predicted molar refractivity (Wildman–Crippen MR) is 279 cm³/mol. The second-order valence-electron chi connectivity index (χ2n) is 16.6. The van der Waals surface area contributed by atoms with Gasteiger partial charge in [0.15, 0.2) is 10.3 Å². The highest BCUT2D eigenvalue weighted by atomic mass is 32.1. The zero-order chi connectivity index (χ0) is 46.3. The minimum atomic E-state index is -0.307. The fourth-order valence-corrected chi connectivity index (χ4v) is 11.1. The van der Waals surface area contributed by atoms with Crippen molar-refractivity contribution < 1.29 is 19.3 Å². The molecule has 8 aromatic carbocycles. The van der Waals surface area contributed by atoms with Crippen LogP contribution >= 0.6 is 34.0 Å². The number of hydrogen-bond donors (Lipinski definition) is 4. The second-order valence-corrected chi connectivity index (χ2v) is 19.7. The maximum Gasteiger partial charge on any atom is 0.257 e. The number of rotatable bonds is 13. The molecule has 0 spiro atoms. The molecule has 69 heavy (non-hydrogen) atoms. The van der Waals surface area contributed by atoms with Crippen LogP contribution in [-0.2, 0) is 35.7 Å². The van der Waals surface area contributed by atoms with Gasteiger partial charge in [0.25, 0.3) is 11.8 Å². The van der Waals surface area contributed by atoms with E-state index in [0.29, 0.717) is 46.0 Å². The van der Waals surface area contributed by atoms with Crippen molar-refractivity contribution in [1.29, 1.82) is 0 Å². The molecule has 12 nitrogen and oxygen atoms in total. The molecule has 0 atom stereocenters. The molecule has 11 aromatic rings. The minimum Gasteiger partial charge on any atom is -0.298 e. The van der Waals surface area contributed by atoms with E-state index in [9.17, 15) is 9.59 Å². The van der Waals surface area contributed by atoms with Crippen LogP contribution in [0.25, 0.3) is 52.2 Å². The molecule has 4 N–H and O–H groups in total. The van der Waals surface area contributed by atoms with Gasteiger partial charge in [-0.15, -0.1) is 0 Å². The first kappa shape index (κ1) is 42.4. The number of aliphatic imine (C=N–C) groups is 1. The Morgan fingerprint density at radius 3 is 1.80 bits per heavy atom. The Balaban J connectivity index is 0.868. The van der Waals surface area contributed by atoms with E-state index in [1.165, 1.54) is 34.0 Å². The largest absolute Gasteiger partial charge is 0.298 e. The number of carbonyl (C=O) groups is 2. The lowest BCUT2D eigenvalue weighted by atomic mass is 9.91. The monoisotopic (exact) mass is 958 g/mol. The SMILES string of the molecule is O=C(Nc1nc2ccccc2s1)c1ccc2cc(Cc3cc4ccc(CONc5nc6ccccc6s5)cc4cc3CONC3=Nc4ccccc4C3)c(C(=O)Nc3nc4ccccc4s3)cc2c1. The number of amides is 2. The molecular weight excluding hydrogens is 921 g/mol. The molecule has 0 aliphatic carbocycles. The third-order valence-electron chi connectivity index (χ3n) is 11.9. The molecule has 12 rings (SSSR count). The van der Waals surface area contributed by atoms with E-state index >= 15 is 0 Å². The average Bonchev–Trinajstić information content (AvgIpc) is 4.18. The van der Waals surface area contributed by atoms with Gasteiger partial charge in [-0.3, -0.25) is 35.4 Å². The van der Waals surface area contributed by atoms with Gasteiger partial charge in [0.2, 0.25) is 5.13 Å². The highest BCUT2D eigenvalue weighted by Gasteiger charge is 2.20. The van der Waals surface area contributed by atoms with Crippen molar-refractivity contribution in [2.24, 2.45) is 4.99 Å². The first-order chi connectivity index (χ1) is 33.9. The number of thiazole rings is 3. The quantitative estimate of drug-likeness (QED) is 0.0828. The minimum absolute atomic E-state index is 0.217. The maximum atomic E-state index is 14.6. The summed E-state index contributed by atoms with van der Waals surface area (Å²) in [6.07, 6.45) is 1.04. The predicted octanol–water partition coefficient (Wildman–Crippen LogP) is 12.8. The van der Waals surface area contributed by atoms with Gasteiger partial charge in [0.1, 0.15) is 5.84 Å². The van der Waals surface area contributed by atoms with Crippen LogP contribution < -0.4 is 21.6 Å². The smallest absolute Gasteiger partial charge is 0.257 e. The molecule has 0 saturated heterocycles. The maximum absolute atomic E-state index is 14.6. The van der Waals surface area contributed by atoms with Gasteiger partial charge in [-0.1, -0.05) is 119 Å². The van der Waals surface area contributed by atoms with Gasteiger partial charge >= 0.3 is 0 Å². The molecule has 0 radical (unpaired) electrons. The lowest BCUT2D eigenvalue weighted by Crippen LogP contribution is -2.23. The Morgan fingerprint density at radius 1 is 0.507 bits per heavy atom. The van der Waals surface area contributed by atoms with Crippen molar-refractivity contribution in [2.75, 3.05) is 16.1 Å². The molecule has 1 aliphatic heterocycles. The van der Waals surface area contributed by atoms with Gasteiger partial charge in [0.05, 0.1) is 49.6 Å². The number of benzene rings is 8. The molecular formula is C54H38N8O4S3. The van der Waals surface area contributed by atoms with Crippen LogP contribution in [0.5, 0.6) is 0 Å². The molecule has 336 valence electrons. The summed E-state index contributed by atoms with van der Waals surface area (Å²) < 4.78 is 3.04. The molecule has 0 saturated carbocycles. The molecule has 4 heterocycles. The van der Waals surface area contributed by atoms with Crippen molar-refractivity contribution in [3.8, 4) is 0 Å². The number of hydroxylamine groups is 1. The van der Waals surface area contributed by atoms with Crippen molar-refractivity contribution in [1.82, 2.24) is 20.4 Å². The average molecular weight is 959 g/mol. The summed E-state index contributed by atoms with van der Waals surface area (Å²) in [6, 6.07) is 51.6. The van der Waals surface area contributed by atoms with Crippen molar-refractivity contribution >= 4 is 125 Å². The van der Waals surface area contributed by atoms with Crippen LogP contribution in [0.3, 0.4) is 0 Å². The molecule has 3 aromatic heterocycles. The Hall–Kier alpha value is -7.92. The van der Waals surface area contributed by atoms with Crippen LogP contribution in [0.15, 0.2) is 163 Å². The summed E-state index contributed by atoms with van der Waals surface area (Å²) >= 11 is 4.37. The lowest BCUT2D eigenvalue weighted by molar-refractivity contribution is 0.0700. The van der Waals surface area contributed by atoms with E-state index in [-0.39, 0.29) is 18.4 Å². The normalized spacial score (nSPS) is 12.2. The Morgan fingerprint density at radius 2 is 1.09 bits per heavy atom. The Kier molecular flexibility index (Phi) is 11.2. The highest BCUT2D eigenvalue weighted by molar-refractivity contribution is 7.23. The Bertz CT molecular complexity index is 3740. The zero-order valence-electron chi connectivity index (χ0n) is 36.5. The van der Waals surface area contributed by atoms with E-state index < -0.39 is 0 Å². The van der Waals surface area contributed by atoms with Crippen LogP contribution in [0.2, 0.25) is 0 Å². The van der Waals surface area contributed by atoms with Gasteiger partial charge in [0, 0.05) is 17.5 Å². The first-order valence-electron chi connectivity index (χ1n) is 22.1. The van der Waals surface area contributed by atoms with E-state index in [0.717, 1.165) is 91.5 Å². The standard InChI is InChI=1S/C54H38N8O4S3/c63-50(59-52-56-43-11-3-6-14-46(43)67-52)35-20-19-33-23-39(41(27-38(33)24-35)51(64)60-53-57-44-12-4-7-15-47(44)68-53)25-37-22-32-18-17-31(29-65-62-54-58-45-13-5-8-16-48(45)69-54)21-36(32)26-40(37)30-66-61-49-28-34-9-1-2-10-42(34)55-49/h1-24,26-27H,25,28-30H2,(H,55,61)(H,58,62)(H,56,59,63)(H,57,60,64). The number of nitrogens with one attached hydrogen (secondary N) is 4. The van der Waals surface area contributed by atoms with Crippen molar-refractivity contribution in [2.45, 2.75) is 26.1 Å². The van der Waals surface area contributed by atoms with E-state index in [1.54, 1.807) is 6.07 Å². The molecule has 0 bridgehead atoms. The lowest BCUT2D eigenvalue weighted by Gasteiger charge is -2.17. The fraction of sp³-hybridized carbons (Fsp3) is 0.0741. The van der Waals surface area contributed by atoms with E-state index in [4.69, 9.17) is 19.7 Å². The van der Waals surface area contributed by atoms with Gasteiger partial charge in [-0.2, -0.15) is 0 Å². The topological polar surface area (TPSA) is 152 Å². The number of aromatic nitrogens is 3. The van der Waals surface area contributed by atoms with Crippen LogP contribution in [0, 0.1) is 0 Å². The summed E-state index contributed by atoms with van der Waals surface area (Å²) in [4.78, 5) is 59.0. The first-order valence-corrected chi connectivity index (χ1v) is 24.6. The summed E-state index contributed by atoms with van der Waals surface area (Å²) in [5, 5.41) is 11.4. The van der Waals surface area contributed by atoms with Crippen LogP contribution in [-0.4, -0.2) is 32.6 Å². The molecule has 1 aliphatic rings. The van der Waals surface area contributed by atoms with Gasteiger partial charge < -0.3 is 0 Å². The highest BCUT2D eigenvalue weighted by Crippen LogP contribution is 2.33. The van der Waals surface area contributed by atoms with Gasteiger partial charge in [-0.25, -0.2) is 25.4 Å². The number of hydrogen-bond acceptors (Lipinski definition) is 13. The van der Waals surface area contributed by atoms with Crippen LogP contribution in [0.1, 0.15) is 48.5 Å². The summed E-state index contributed by atoms with van der Waals surface area (Å²) in [5.41, 5.74) is 15.3. The summed E-state index contributed by atoms with van der Waals surface area (Å²) in [5.74, 6) is 0.134. The van der Waals surface area contributed by atoms with E-state index in [1.807, 2.05) is 115 Å². The number of nitrogens with zero attached hydrogens (tertiary/aromatic N) is 4. The molecule has 0 fully saturated rings. The number of carbonyl (C=O) groups excluding carboxylic acids is 2. The van der Waals surface area contributed by atoms with Gasteiger partial charge in [-0.05, 0) is 129 Å². The number of anilines is 3. The Labute approximate surface area is 406 Å². The second kappa shape index (κ2) is 18.3. The summed E-state index contributed by atoms with van der Waals surface area (Å²) in [7, 11) is 0. The van der Waals surface area contributed by atoms with E-state index in [2.05, 4.69) is 68.0 Å². The summed E-state index contributed by atoms with van der Waals surface area (Å²) in [6.45, 7) is 0.533. The van der Waals surface area contributed by atoms with Crippen molar-refractivity contribution in [3.63, 3.8) is 0 Å². The zero-order valence-corrected chi connectivity index (χ0v) is 38.9. The van der Waals surface area contributed by atoms with Crippen LogP contribution in [0.4, 0.5) is 21.1 Å². The molecule has 2 amide bonds. The number of fused-ring (bicyclic) bond motifs is 6. The fourth-order valence-electron chi connectivity index (χ4n) is 8.55. The third-order valence-corrected chi connectivity index (χ3v) is 14.8. The third kappa shape index (κ3) is 9.00. The molecule has 0 unspecified atom stereocenters. The number of para-hydroxylation sites is 4.